The molecule has 0 radical (unpaired) electrons. The van der Waals surface area contributed by atoms with Gasteiger partial charge in [-0.25, -0.2) is 0 Å². The van der Waals surface area contributed by atoms with Gasteiger partial charge in [0.1, 0.15) is 6.61 Å². The molecule has 0 bridgehead atoms. The summed E-state index contributed by atoms with van der Waals surface area (Å²) in [5.41, 5.74) is 0.932. The van der Waals surface area contributed by atoms with Crippen LogP contribution >= 0.6 is 0 Å². The molecule has 2 N–H and O–H groups in total. The first-order valence-electron chi connectivity index (χ1n) is 6.64. The summed E-state index contributed by atoms with van der Waals surface area (Å²) in [5, 5.41) is 5.47. The summed E-state index contributed by atoms with van der Waals surface area (Å²) in [6, 6.07) is 7.01. The van der Waals surface area contributed by atoms with Crippen LogP contribution in [0.2, 0.25) is 0 Å². The summed E-state index contributed by atoms with van der Waals surface area (Å²) in [4.78, 5) is 23.0. The molecule has 0 fully saturated rings. The zero-order valence-electron chi connectivity index (χ0n) is 12.4. The summed E-state index contributed by atoms with van der Waals surface area (Å²) in [7, 11) is 0. The minimum Gasteiger partial charge on any atom is -0.366 e. The summed E-state index contributed by atoms with van der Waals surface area (Å²) >= 11 is 0. The zero-order valence-corrected chi connectivity index (χ0v) is 12.4. The summed E-state index contributed by atoms with van der Waals surface area (Å²) in [5.74, 6) is -0.288. The van der Waals surface area contributed by atoms with E-state index < -0.39 is 0 Å². The highest BCUT2D eigenvalue weighted by Gasteiger charge is 2.13. The monoisotopic (exact) mass is 278 g/mol. The van der Waals surface area contributed by atoms with Crippen molar-refractivity contribution in [1.82, 2.24) is 0 Å². The highest BCUT2D eigenvalue weighted by Crippen LogP contribution is 2.15. The molecule has 1 rings (SSSR count). The number of hydrogen-bond acceptors (Lipinski definition) is 3. The Bertz CT molecular complexity index is 478. The van der Waals surface area contributed by atoms with Gasteiger partial charge in [-0.05, 0) is 39.0 Å². The Balaban J connectivity index is 2.57. The number of ether oxygens (including phenoxy) is 1. The standard InChI is InChI=1S/C15H22N2O3/c1-5-13(18)16-11-7-6-8-12(9-11)17-14(19)10-20-15(2,3)4/h6-9H,5,10H2,1-4H3,(H,16,18)(H,17,19). The van der Waals surface area contributed by atoms with Crippen molar-refractivity contribution >= 4 is 23.2 Å². The molecule has 110 valence electrons. The van der Waals surface area contributed by atoms with Gasteiger partial charge in [0.25, 0.3) is 0 Å². The van der Waals surface area contributed by atoms with Gasteiger partial charge in [0.05, 0.1) is 5.60 Å². The number of benzene rings is 1. The lowest BCUT2D eigenvalue weighted by atomic mass is 10.2. The second-order valence-corrected chi connectivity index (χ2v) is 5.43. The highest BCUT2D eigenvalue weighted by molar-refractivity contribution is 5.94. The molecule has 0 atom stereocenters. The molecule has 2 amide bonds. The molecule has 20 heavy (non-hydrogen) atoms. The lowest BCUT2D eigenvalue weighted by Gasteiger charge is -2.19. The lowest BCUT2D eigenvalue weighted by Crippen LogP contribution is -2.27. The average molecular weight is 278 g/mol. The maximum absolute atomic E-state index is 11.7. The number of rotatable bonds is 5. The van der Waals surface area contributed by atoms with Gasteiger partial charge in [0.2, 0.25) is 11.8 Å². The normalized spacial score (nSPS) is 11.0. The topological polar surface area (TPSA) is 67.4 Å². The van der Waals surface area contributed by atoms with E-state index in [1.54, 1.807) is 31.2 Å². The summed E-state index contributed by atoms with van der Waals surface area (Å²) < 4.78 is 5.39. The maximum atomic E-state index is 11.7. The van der Waals surface area contributed by atoms with Crippen LogP contribution < -0.4 is 10.6 Å². The Kier molecular flexibility index (Phi) is 5.70. The van der Waals surface area contributed by atoms with Gasteiger partial charge in [0.15, 0.2) is 0 Å². The fourth-order valence-electron chi connectivity index (χ4n) is 1.40. The van der Waals surface area contributed by atoms with Crippen molar-refractivity contribution < 1.29 is 14.3 Å². The van der Waals surface area contributed by atoms with E-state index in [9.17, 15) is 9.59 Å². The second kappa shape index (κ2) is 7.05. The largest absolute Gasteiger partial charge is 0.366 e. The van der Waals surface area contributed by atoms with E-state index >= 15 is 0 Å². The summed E-state index contributed by atoms with van der Waals surface area (Å²) in [6.07, 6.45) is 0.413. The Hall–Kier alpha value is -1.88. The Morgan fingerprint density at radius 1 is 1.10 bits per heavy atom. The van der Waals surface area contributed by atoms with Gasteiger partial charge in [-0.3, -0.25) is 9.59 Å². The lowest BCUT2D eigenvalue weighted by molar-refractivity contribution is -0.125. The third-order valence-corrected chi connectivity index (χ3v) is 2.39. The van der Waals surface area contributed by atoms with Crippen LogP contribution in [0.1, 0.15) is 34.1 Å². The van der Waals surface area contributed by atoms with E-state index in [4.69, 9.17) is 4.74 Å². The molecule has 0 saturated carbocycles. The Morgan fingerprint density at radius 3 is 2.15 bits per heavy atom. The van der Waals surface area contributed by atoms with Gasteiger partial charge >= 0.3 is 0 Å². The molecule has 0 unspecified atom stereocenters. The average Bonchev–Trinajstić information content (AvgIpc) is 2.36. The fraction of sp³-hybridized carbons (Fsp3) is 0.467. The summed E-state index contributed by atoms with van der Waals surface area (Å²) in [6.45, 7) is 7.45. The first-order valence-corrected chi connectivity index (χ1v) is 6.64. The number of amides is 2. The first kappa shape index (κ1) is 16.2. The van der Waals surface area contributed by atoms with E-state index in [0.29, 0.717) is 17.8 Å². The first-order chi connectivity index (χ1) is 9.30. The molecule has 1 aromatic rings. The van der Waals surface area contributed by atoms with Crippen LogP contribution in [0.5, 0.6) is 0 Å². The van der Waals surface area contributed by atoms with Crippen molar-refractivity contribution in [2.45, 2.75) is 39.7 Å². The van der Waals surface area contributed by atoms with Crippen LogP contribution in [0.4, 0.5) is 11.4 Å². The molecule has 0 aliphatic heterocycles. The quantitative estimate of drug-likeness (QED) is 0.870. The molecule has 0 spiro atoms. The Morgan fingerprint density at radius 2 is 1.65 bits per heavy atom. The number of carbonyl (C=O) groups is 2. The van der Waals surface area contributed by atoms with Crippen LogP contribution in [0, 0.1) is 0 Å². The fourth-order valence-corrected chi connectivity index (χ4v) is 1.40. The number of hydrogen-bond donors (Lipinski definition) is 2. The van der Waals surface area contributed by atoms with Gasteiger partial charge < -0.3 is 15.4 Å². The molecule has 0 aromatic heterocycles. The van der Waals surface area contributed by atoms with E-state index in [0.717, 1.165) is 0 Å². The van der Waals surface area contributed by atoms with Crippen molar-refractivity contribution in [2.24, 2.45) is 0 Å². The third kappa shape index (κ3) is 6.33. The molecule has 0 saturated heterocycles. The van der Waals surface area contributed by atoms with Gasteiger partial charge in [-0.1, -0.05) is 13.0 Å². The van der Waals surface area contributed by atoms with Crippen molar-refractivity contribution in [2.75, 3.05) is 17.2 Å². The predicted octanol–water partition coefficient (Wildman–Crippen LogP) is 2.79. The highest BCUT2D eigenvalue weighted by atomic mass is 16.5. The molecule has 0 aliphatic carbocycles. The minimum atomic E-state index is -0.353. The predicted molar refractivity (Wildman–Crippen MR) is 79.7 cm³/mol. The van der Waals surface area contributed by atoms with Crippen LogP contribution in [0.3, 0.4) is 0 Å². The SMILES string of the molecule is CCC(=O)Nc1cccc(NC(=O)COC(C)(C)C)c1. The molecule has 5 nitrogen and oxygen atoms in total. The number of nitrogens with one attached hydrogen (secondary N) is 2. The molecule has 5 heteroatoms. The van der Waals surface area contributed by atoms with Gasteiger partial charge in [-0.15, -0.1) is 0 Å². The molecule has 1 aromatic carbocycles. The van der Waals surface area contributed by atoms with E-state index in [1.165, 1.54) is 0 Å². The van der Waals surface area contributed by atoms with E-state index in [-0.39, 0.29) is 24.0 Å². The Labute approximate surface area is 119 Å². The van der Waals surface area contributed by atoms with Crippen molar-refractivity contribution in [3.63, 3.8) is 0 Å². The van der Waals surface area contributed by atoms with Gasteiger partial charge in [-0.2, -0.15) is 0 Å². The number of anilines is 2. The van der Waals surface area contributed by atoms with Crippen molar-refractivity contribution in [1.29, 1.82) is 0 Å². The van der Waals surface area contributed by atoms with Gasteiger partial charge in [0, 0.05) is 17.8 Å². The van der Waals surface area contributed by atoms with Crippen molar-refractivity contribution in [3.05, 3.63) is 24.3 Å². The minimum absolute atomic E-state index is 0.00491. The zero-order chi connectivity index (χ0) is 15.2. The van der Waals surface area contributed by atoms with E-state index in [1.807, 2.05) is 20.8 Å². The number of carbonyl (C=O) groups excluding carboxylic acids is 2. The van der Waals surface area contributed by atoms with Crippen LogP contribution in [-0.4, -0.2) is 24.0 Å². The maximum Gasteiger partial charge on any atom is 0.250 e. The van der Waals surface area contributed by atoms with Crippen LogP contribution in [-0.2, 0) is 14.3 Å². The second-order valence-electron chi connectivity index (χ2n) is 5.43. The molecular formula is C15H22N2O3. The van der Waals surface area contributed by atoms with E-state index in [2.05, 4.69) is 10.6 Å². The van der Waals surface area contributed by atoms with Crippen LogP contribution in [0.25, 0.3) is 0 Å². The molecule has 0 aliphatic rings. The molecular weight excluding hydrogens is 256 g/mol. The third-order valence-electron chi connectivity index (χ3n) is 2.39. The molecule has 0 heterocycles. The smallest absolute Gasteiger partial charge is 0.250 e. The van der Waals surface area contributed by atoms with Crippen molar-refractivity contribution in [3.8, 4) is 0 Å². The van der Waals surface area contributed by atoms with Crippen LogP contribution in [0.15, 0.2) is 24.3 Å².